The first kappa shape index (κ1) is 16.5. The molecule has 1 atom stereocenters. The Kier molecular flexibility index (Phi) is 4.67. The molecule has 1 saturated carbocycles. The topological polar surface area (TPSA) is 61.4 Å². The van der Waals surface area contributed by atoms with Crippen LogP contribution in [0, 0.1) is 0 Å². The Labute approximate surface area is 151 Å². The second-order valence-corrected chi connectivity index (χ2v) is 7.57. The van der Waals surface area contributed by atoms with Crippen LogP contribution in [0.1, 0.15) is 43.1 Å². The lowest BCUT2D eigenvalue weighted by atomic mass is 10.1. The molecule has 0 radical (unpaired) electrons. The molecule has 3 heterocycles. The molecule has 2 amide bonds. The monoisotopic (exact) mass is 357 g/mol. The summed E-state index contributed by atoms with van der Waals surface area (Å²) < 4.78 is 0. The Balaban J connectivity index is 1.29. The van der Waals surface area contributed by atoms with Crippen LogP contribution in [0.15, 0.2) is 29.2 Å². The van der Waals surface area contributed by atoms with Crippen LogP contribution in [-0.2, 0) is 0 Å². The molecule has 132 valence electrons. The van der Waals surface area contributed by atoms with Gasteiger partial charge in [0.1, 0.15) is 5.82 Å². The summed E-state index contributed by atoms with van der Waals surface area (Å²) in [5.41, 5.74) is 2.03. The highest BCUT2D eigenvalue weighted by atomic mass is 32.1. The molecular weight excluding hydrogens is 334 g/mol. The maximum atomic E-state index is 12.4. The number of carbonyl (C=O) groups is 1. The zero-order chi connectivity index (χ0) is 17.2. The number of carbonyl (C=O) groups excluding carboxylic acids is 1. The highest BCUT2D eigenvalue weighted by Crippen LogP contribution is 2.37. The predicted octanol–water partition coefficient (Wildman–Crippen LogP) is 3.33. The number of hydrogen-bond acceptors (Lipinski definition) is 5. The maximum Gasteiger partial charge on any atom is 0.322 e. The number of aromatic nitrogens is 2. The number of urea groups is 1. The molecule has 1 saturated heterocycles. The van der Waals surface area contributed by atoms with Gasteiger partial charge in [0.2, 0.25) is 0 Å². The third-order valence-electron chi connectivity index (χ3n) is 5.04. The van der Waals surface area contributed by atoms with Crippen molar-refractivity contribution in [1.29, 1.82) is 0 Å². The van der Waals surface area contributed by atoms with Gasteiger partial charge in [-0.25, -0.2) is 14.8 Å². The van der Waals surface area contributed by atoms with Crippen LogP contribution in [0.5, 0.6) is 0 Å². The van der Waals surface area contributed by atoms with E-state index in [2.05, 4.69) is 43.9 Å². The Morgan fingerprint density at radius 2 is 1.96 bits per heavy atom. The third kappa shape index (κ3) is 3.82. The van der Waals surface area contributed by atoms with Crippen molar-refractivity contribution in [1.82, 2.24) is 19.8 Å². The normalized spacial score (nSPS) is 19.6. The first-order chi connectivity index (χ1) is 12.2. The number of hydrogen-bond donors (Lipinski definition) is 1. The van der Waals surface area contributed by atoms with E-state index < -0.39 is 0 Å². The minimum absolute atomic E-state index is 0.0643. The minimum atomic E-state index is -0.0643. The summed E-state index contributed by atoms with van der Waals surface area (Å²) in [6.45, 7) is 5.49. The van der Waals surface area contributed by atoms with Gasteiger partial charge in [0.15, 0.2) is 0 Å². The molecule has 2 aromatic heterocycles. The van der Waals surface area contributed by atoms with Crippen LogP contribution in [0.2, 0.25) is 0 Å². The van der Waals surface area contributed by atoms with Crippen LogP contribution >= 0.6 is 11.3 Å². The molecule has 1 aliphatic heterocycles. The first-order valence-electron chi connectivity index (χ1n) is 8.85. The summed E-state index contributed by atoms with van der Waals surface area (Å²) in [5, 5.41) is 7.24. The minimum Gasteiger partial charge on any atom is -0.322 e. The zero-order valence-corrected chi connectivity index (χ0v) is 15.2. The van der Waals surface area contributed by atoms with Crippen molar-refractivity contribution in [3.05, 3.63) is 40.6 Å². The van der Waals surface area contributed by atoms with Crippen molar-refractivity contribution < 1.29 is 4.79 Å². The third-order valence-corrected chi connectivity index (χ3v) is 5.74. The average Bonchev–Trinajstić information content (AvgIpc) is 3.36. The molecule has 4 rings (SSSR count). The van der Waals surface area contributed by atoms with Crippen LogP contribution in [-0.4, -0.2) is 52.0 Å². The maximum absolute atomic E-state index is 12.4. The smallest absolute Gasteiger partial charge is 0.322 e. The van der Waals surface area contributed by atoms with E-state index in [9.17, 15) is 4.79 Å². The van der Waals surface area contributed by atoms with Gasteiger partial charge in [0.05, 0.1) is 18.1 Å². The molecule has 1 N–H and O–H groups in total. The molecule has 0 aromatic carbocycles. The molecule has 0 bridgehead atoms. The number of nitrogens with one attached hydrogen (secondary N) is 1. The molecule has 1 aliphatic carbocycles. The standard InChI is InChI=1S/C18H23N5OS/c1-13(15-4-9-25-12-15)22-5-7-23(8-6-22)18(24)21-16-10-19-17(20-11-16)14-2-3-14/h4,9-14H,2-3,5-8H2,1H3,(H,21,24). The SMILES string of the molecule is CC(c1ccsc1)N1CCN(C(=O)Nc2cnc(C3CC3)nc2)CC1. The van der Waals surface area contributed by atoms with Crippen LogP contribution in [0.25, 0.3) is 0 Å². The predicted molar refractivity (Wildman–Crippen MR) is 98.9 cm³/mol. The Morgan fingerprint density at radius 1 is 1.24 bits per heavy atom. The van der Waals surface area contributed by atoms with Gasteiger partial charge >= 0.3 is 6.03 Å². The lowest BCUT2D eigenvalue weighted by molar-refractivity contribution is 0.119. The van der Waals surface area contributed by atoms with Crippen molar-refractivity contribution in [2.24, 2.45) is 0 Å². The van der Waals surface area contributed by atoms with Gasteiger partial charge in [-0.05, 0) is 42.2 Å². The average molecular weight is 357 g/mol. The molecule has 1 unspecified atom stereocenters. The largest absolute Gasteiger partial charge is 0.322 e. The Bertz CT molecular complexity index is 706. The molecule has 2 fully saturated rings. The van der Waals surface area contributed by atoms with Gasteiger partial charge < -0.3 is 10.2 Å². The van der Waals surface area contributed by atoms with Gasteiger partial charge in [-0.2, -0.15) is 11.3 Å². The van der Waals surface area contributed by atoms with E-state index >= 15 is 0 Å². The first-order valence-corrected chi connectivity index (χ1v) is 9.79. The molecule has 7 heteroatoms. The summed E-state index contributed by atoms with van der Waals surface area (Å²) in [6, 6.07) is 2.52. The van der Waals surface area contributed by atoms with E-state index in [1.165, 1.54) is 18.4 Å². The molecule has 6 nitrogen and oxygen atoms in total. The number of thiophene rings is 1. The van der Waals surface area contributed by atoms with E-state index in [0.717, 1.165) is 32.0 Å². The highest BCUT2D eigenvalue weighted by molar-refractivity contribution is 7.07. The van der Waals surface area contributed by atoms with Gasteiger partial charge in [-0.3, -0.25) is 4.90 Å². The summed E-state index contributed by atoms with van der Waals surface area (Å²) in [5.74, 6) is 1.43. The molecule has 2 aromatic rings. The number of rotatable bonds is 4. The fraction of sp³-hybridized carbons (Fsp3) is 0.500. The van der Waals surface area contributed by atoms with Gasteiger partial charge in [-0.15, -0.1) is 0 Å². The fourth-order valence-electron chi connectivity index (χ4n) is 3.19. The molecule has 0 spiro atoms. The summed E-state index contributed by atoms with van der Waals surface area (Å²) in [7, 11) is 0. The van der Waals surface area contributed by atoms with E-state index in [4.69, 9.17) is 0 Å². The lowest BCUT2D eigenvalue weighted by Gasteiger charge is -2.37. The van der Waals surface area contributed by atoms with Crippen LogP contribution in [0.3, 0.4) is 0 Å². The van der Waals surface area contributed by atoms with Crippen molar-refractivity contribution in [2.45, 2.75) is 31.7 Å². The Hall–Kier alpha value is -1.99. The summed E-state index contributed by atoms with van der Waals surface area (Å²) in [4.78, 5) is 25.4. The Morgan fingerprint density at radius 3 is 2.56 bits per heavy atom. The van der Waals surface area contributed by atoms with Crippen molar-refractivity contribution in [3.8, 4) is 0 Å². The van der Waals surface area contributed by atoms with E-state index in [-0.39, 0.29) is 6.03 Å². The summed E-state index contributed by atoms with van der Waals surface area (Å²) in [6.07, 6.45) is 5.79. The fourth-order valence-corrected chi connectivity index (χ4v) is 3.94. The second kappa shape index (κ2) is 7.09. The molecule has 25 heavy (non-hydrogen) atoms. The molecular formula is C18H23N5OS. The van der Waals surface area contributed by atoms with Gasteiger partial charge in [0, 0.05) is 38.1 Å². The summed E-state index contributed by atoms with van der Waals surface area (Å²) >= 11 is 1.73. The van der Waals surface area contributed by atoms with Crippen LogP contribution in [0.4, 0.5) is 10.5 Å². The number of anilines is 1. The molecule has 2 aliphatic rings. The zero-order valence-electron chi connectivity index (χ0n) is 14.4. The lowest BCUT2D eigenvalue weighted by Crippen LogP contribution is -2.50. The van der Waals surface area contributed by atoms with E-state index in [1.807, 2.05) is 4.90 Å². The highest BCUT2D eigenvalue weighted by Gasteiger charge is 2.27. The van der Waals surface area contributed by atoms with Gasteiger partial charge in [0.25, 0.3) is 0 Å². The van der Waals surface area contributed by atoms with Crippen molar-refractivity contribution in [3.63, 3.8) is 0 Å². The van der Waals surface area contributed by atoms with Crippen molar-refractivity contribution >= 4 is 23.1 Å². The quantitative estimate of drug-likeness (QED) is 0.912. The van der Waals surface area contributed by atoms with Crippen molar-refractivity contribution in [2.75, 3.05) is 31.5 Å². The second-order valence-electron chi connectivity index (χ2n) is 6.79. The number of piperazine rings is 1. The van der Waals surface area contributed by atoms with Crippen LogP contribution < -0.4 is 5.32 Å². The van der Waals surface area contributed by atoms with E-state index in [1.54, 1.807) is 23.7 Å². The number of amides is 2. The number of nitrogens with zero attached hydrogens (tertiary/aromatic N) is 4. The van der Waals surface area contributed by atoms with Gasteiger partial charge in [-0.1, -0.05) is 0 Å². The van der Waals surface area contributed by atoms with E-state index in [0.29, 0.717) is 17.6 Å².